The lowest BCUT2D eigenvalue weighted by atomic mass is 10.2. The Balaban J connectivity index is 2.14. The summed E-state index contributed by atoms with van der Waals surface area (Å²) in [7, 11) is 3.10. The molecule has 0 bridgehead atoms. The molecule has 0 spiro atoms. The summed E-state index contributed by atoms with van der Waals surface area (Å²) in [6, 6.07) is 12.2. The Labute approximate surface area is 146 Å². The van der Waals surface area contributed by atoms with Crippen LogP contribution in [0.5, 0.6) is 17.2 Å². The molecule has 2 aromatic rings. The van der Waals surface area contributed by atoms with Gasteiger partial charge in [-0.3, -0.25) is 4.79 Å². The van der Waals surface area contributed by atoms with Crippen molar-refractivity contribution in [2.75, 3.05) is 19.5 Å². The van der Waals surface area contributed by atoms with Crippen molar-refractivity contribution in [1.82, 2.24) is 0 Å². The Bertz CT molecular complexity index is 705. The highest BCUT2D eigenvalue weighted by molar-refractivity contribution is 6.33. The predicted molar refractivity (Wildman–Crippen MR) is 94.3 cm³/mol. The minimum atomic E-state index is -0.677. The molecule has 1 N–H and O–H groups in total. The lowest BCUT2D eigenvalue weighted by Gasteiger charge is -2.19. The lowest BCUT2D eigenvalue weighted by molar-refractivity contribution is -0.122. The van der Waals surface area contributed by atoms with E-state index in [2.05, 4.69) is 5.32 Å². The van der Waals surface area contributed by atoms with Crippen molar-refractivity contribution in [3.63, 3.8) is 0 Å². The van der Waals surface area contributed by atoms with E-state index in [0.717, 1.165) is 0 Å². The average Bonchev–Trinajstić information content (AvgIpc) is 2.61. The van der Waals surface area contributed by atoms with Crippen LogP contribution in [0.25, 0.3) is 0 Å². The maximum absolute atomic E-state index is 12.5. The zero-order valence-corrected chi connectivity index (χ0v) is 14.6. The second-order valence-corrected chi connectivity index (χ2v) is 5.41. The van der Waals surface area contributed by atoms with Crippen molar-refractivity contribution in [3.8, 4) is 17.2 Å². The number of rotatable bonds is 7. The van der Waals surface area contributed by atoms with Gasteiger partial charge in [0.25, 0.3) is 5.91 Å². The smallest absolute Gasteiger partial charge is 0.265 e. The van der Waals surface area contributed by atoms with E-state index in [1.54, 1.807) is 44.6 Å². The van der Waals surface area contributed by atoms with Crippen LogP contribution in [0, 0.1) is 0 Å². The molecule has 0 saturated carbocycles. The van der Waals surface area contributed by atoms with Crippen molar-refractivity contribution in [1.29, 1.82) is 0 Å². The van der Waals surface area contributed by atoms with Crippen LogP contribution in [0.2, 0.25) is 5.02 Å². The Morgan fingerprint density at radius 3 is 2.46 bits per heavy atom. The van der Waals surface area contributed by atoms with Gasteiger partial charge in [-0.2, -0.15) is 0 Å². The summed E-state index contributed by atoms with van der Waals surface area (Å²) in [5, 5.41) is 3.20. The van der Waals surface area contributed by atoms with Gasteiger partial charge in [-0.15, -0.1) is 0 Å². The maximum atomic E-state index is 12.5. The monoisotopic (exact) mass is 349 g/mol. The van der Waals surface area contributed by atoms with Crippen LogP contribution in [0.15, 0.2) is 42.5 Å². The molecular formula is C18H20ClNO4. The van der Waals surface area contributed by atoms with Gasteiger partial charge in [0.1, 0.15) is 5.75 Å². The van der Waals surface area contributed by atoms with Crippen LogP contribution in [0.3, 0.4) is 0 Å². The molecule has 1 amide bonds. The normalized spacial score (nSPS) is 11.5. The summed E-state index contributed by atoms with van der Waals surface area (Å²) in [5.74, 6) is 1.40. The van der Waals surface area contributed by atoms with E-state index in [9.17, 15) is 4.79 Å². The molecule has 6 heteroatoms. The second kappa shape index (κ2) is 8.45. The number of ether oxygens (including phenoxy) is 3. The zero-order chi connectivity index (χ0) is 17.5. The van der Waals surface area contributed by atoms with E-state index in [4.69, 9.17) is 25.8 Å². The number of amides is 1. The SMILES string of the molecule is CCC(Oc1ccccc1OC)C(=O)Nc1cc(OC)ccc1Cl. The van der Waals surface area contributed by atoms with Gasteiger partial charge < -0.3 is 19.5 Å². The van der Waals surface area contributed by atoms with E-state index in [1.807, 2.05) is 19.1 Å². The van der Waals surface area contributed by atoms with Crippen LogP contribution >= 0.6 is 11.6 Å². The van der Waals surface area contributed by atoms with Gasteiger partial charge in [-0.1, -0.05) is 30.7 Å². The van der Waals surface area contributed by atoms with E-state index < -0.39 is 6.10 Å². The third-order valence-electron chi connectivity index (χ3n) is 3.43. The van der Waals surface area contributed by atoms with Crippen molar-refractivity contribution in [3.05, 3.63) is 47.5 Å². The van der Waals surface area contributed by atoms with Crippen LogP contribution in [-0.2, 0) is 4.79 Å². The lowest BCUT2D eigenvalue weighted by Crippen LogP contribution is -2.32. The molecule has 0 aliphatic rings. The van der Waals surface area contributed by atoms with Crippen molar-refractivity contribution in [2.45, 2.75) is 19.4 Å². The van der Waals surface area contributed by atoms with Crippen LogP contribution in [0.1, 0.15) is 13.3 Å². The largest absolute Gasteiger partial charge is 0.497 e. The van der Waals surface area contributed by atoms with E-state index in [1.165, 1.54) is 0 Å². The molecule has 0 fully saturated rings. The molecule has 0 heterocycles. The van der Waals surface area contributed by atoms with Gasteiger partial charge in [0.2, 0.25) is 0 Å². The molecule has 0 aromatic heterocycles. The van der Waals surface area contributed by atoms with Crippen molar-refractivity contribution >= 4 is 23.2 Å². The van der Waals surface area contributed by atoms with Crippen LogP contribution in [-0.4, -0.2) is 26.2 Å². The minimum Gasteiger partial charge on any atom is -0.497 e. The summed E-state index contributed by atoms with van der Waals surface area (Å²) in [6.45, 7) is 1.87. The standard InChI is InChI=1S/C18H20ClNO4/c1-4-15(24-17-8-6-5-7-16(17)23-3)18(21)20-14-11-12(22-2)9-10-13(14)19/h5-11,15H,4H2,1-3H3,(H,20,21). The van der Waals surface area contributed by atoms with Gasteiger partial charge in [-0.25, -0.2) is 0 Å². The zero-order valence-electron chi connectivity index (χ0n) is 13.8. The van der Waals surface area contributed by atoms with Crippen molar-refractivity contribution in [2.24, 2.45) is 0 Å². The number of nitrogens with one attached hydrogen (secondary N) is 1. The van der Waals surface area contributed by atoms with Crippen LogP contribution < -0.4 is 19.5 Å². The second-order valence-electron chi connectivity index (χ2n) is 5.00. The van der Waals surface area contributed by atoms with E-state index in [0.29, 0.717) is 34.4 Å². The van der Waals surface area contributed by atoms with Gasteiger partial charge in [0.05, 0.1) is 24.9 Å². The molecule has 2 aromatic carbocycles. The number of benzene rings is 2. The maximum Gasteiger partial charge on any atom is 0.265 e. The molecule has 24 heavy (non-hydrogen) atoms. The molecule has 0 saturated heterocycles. The Hall–Kier alpha value is -2.40. The molecule has 5 nitrogen and oxygen atoms in total. The first-order valence-corrected chi connectivity index (χ1v) is 7.91. The molecule has 128 valence electrons. The van der Waals surface area contributed by atoms with Gasteiger partial charge in [0.15, 0.2) is 17.6 Å². The highest BCUT2D eigenvalue weighted by Crippen LogP contribution is 2.29. The number of carbonyl (C=O) groups excluding carboxylic acids is 1. The summed E-state index contributed by atoms with van der Waals surface area (Å²) in [4.78, 5) is 12.5. The first-order chi connectivity index (χ1) is 11.6. The summed E-state index contributed by atoms with van der Waals surface area (Å²) < 4.78 is 16.2. The fraction of sp³-hybridized carbons (Fsp3) is 0.278. The number of methoxy groups -OCH3 is 2. The number of carbonyl (C=O) groups is 1. The highest BCUT2D eigenvalue weighted by atomic mass is 35.5. The molecule has 0 radical (unpaired) electrons. The molecule has 0 aliphatic carbocycles. The predicted octanol–water partition coefficient (Wildman–Crippen LogP) is 4.15. The first-order valence-electron chi connectivity index (χ1n) is 7.53. The number of halogens is 1. The van der Waals surface area contributed by atoms with E-state index >= 15 is 0 Å². The summed E-state index contributed by atoms with van der Waals surface area (Å²) >= 11 is 6.12. The van der Waals surface area contributed by atoms with Gasteiger partial charge >= 0.3 is 0 Å². The fourth-order valence-corrected chi connectivity index (χ4v) is 2.30. The van der Waals surface area contributed by atoms with E-state index in [-0.39, 0.29) is 5.91 Å². The number of hydrogen-bond acceptors (Lipinski definition) is 4. The first kappa shape index (κ1) is 17.9. The average molecular weight is 350 g/mol. The molecular weight excluding hydrogens is 330 g/mol. The Morgan fingerprint density at radius 2 is 1.83 bits per heavy atom. The molecule has 2 rings (SSSR count). The molecule has 1 atom stereocenters. The molecule has 0 aliphatic heterocycles. The number of para-hydroxylation sites is 2. The number of hydrogen-bond donors (Lipinski definition) is 1. The van der Waals surface area contributed by atoms with Gasteiger partial charge in [0, 0.05) is 6.07 Å². The van der Waals surface area contributed by atoms with Crippen LogP contribution in [0.4, 0.5) is 5.69 Å². The topological polar surface area (TPSA) is 56.8 Å². The third-order valence-corrected chi connectivity index (χ3v) is 3.76. The Morgan fingerprint density at radius 1 is 1.12 bits per heavy atom. The minimum absolute atomic E-state index is 0.293. The molecule has 1 unspecified atom stereocenters. The fourth-order valence-electron chi connectivity index (χ4n) is 2.13. The van der Waals surface area contributed by atoms with Crippen molar-refractivity contribution < 1.29 is 19.0 Å². The quantitative estimate of drug-likeness (QED) is 0.815. The summed E-state index contributed by atoms with van der Waals surface area (Å²) in [5.41, 5.74) is 0.475. The third kappa shape index (κ3) is 4.32. The van der Waals surface area contributed by atoms with Gasteiger partial charge in [-0.05, 0) is 30.7 Å². The number of anilines is 1. The highest BCUT2D eigenvalue weighted by Gasteiger charge is 2.21. The Kier molecular flexibility index (Phi) is 6.32. The summed E-state index contributed by atoms with van der Waals surface area (Å²) in [6.07, 6.45) is -0.186.